The lowest BCUT2D eigenvalue weighted by atomic mass is 10.0. The van der Waals surface area contributed by atoms with Crippen LogP contribution < -0.4 is 15.9 Å². The second-order valence-electron chi connectivity index (χ2n) is 11.8. The molecule has 0 bridgehead atoms. The van der Waals surface area contributed by atoms with Crippen molar-refractivity contribution in [3.63, 3.8) is 0 Å². The Hall–Kier alpha value is -5.24. The van der Waals surface area contributed by atoms with E-state index in [1.54, 1.807) is 0 Å². The SMILES string of the molecule is CN=COC1=NN(c2cc(SOOO)ccc2S(=O)(=O)O)C(=O)C1CC=C(C=Cc1c(C(=O)NC)[nH]n(-c2cc(SOOO)ccc2S(=O)(=O)O)c1=O)N1CCCC1=O. The Bertz CT molecular complexity index is 2530. The Labute approximate surface area is 341 Å². The van der Waals surface area contributed by atoms with E-state index in [-0.39, 0.29) is 57.9 Å². The van der Waals surface area contributed by atoms with Crippen LogP contribution in [0.5, 0.6) is 0 Å². The first kappa shape index (κ1) is 44.9. The van der Waals surface area contributed by atoms with E-state index >= 15 is 0 Å². The Morgan fingerprint density at radius 3 is 2.15 bits per heavy atom. The third-order valence-corrected chi connectivity index (χ3v) is 11.2. The van der Waals surface area contributed by atoms with Gasteiger partial charge in [-0.2, -0.15) is 21.8 Å². The summed E-state index contributed by atoms with van der Waals surface area (Å²) in [5.41, 5.74) is -2.54. The first-order valence-corrected chi connectivity index (χ1v) is 20.7. The molecule has 0 aliphatic carbocycles. The maximum Gasteiger partial charge on any atom is 0.296 e. The fraction of sp³-hybridized carbons (Fsp3) is 0.226. The van der Waals surface area contributed by atoms with Crippen LogP contribution in [0.1, 0.15) is 35.3 Å². The summed E-state index contributed by atoms with van der Waals surface area (Å²) in [4.78, 5) is 57.7. The van der Waals surface area contributed by atoms with E-state index in [0.29, 0.717) is 40.2 Å². The molecule has 0 spiro atoms. The number of carbonyl (C=O) groups excluding carboxylic acids is 3. The summed E-state index contributed by atoms with van der Waals surface area (Å²) < 4.78 is 84.1. The van der Waals surface area contributed by atoms with E-state index in [9.17, 15) is 45.1 Å². The van der Waals surface area contributed by atoms with Crippen LogP contribution in [0.3, 0.4) is 0 Å². The molecule has 2 aliphatic heterocycles. The summed E-state index contributed by atoms with van der Waals surface area (Å²) >= 11 is 0.826. The molecule has 316 valence electrons. The van der Waals surface area contributed by atoms with Gasteiger partial charge in [-0.1, -0.05) is 16.2 Å². The number of allylic oxidation sites excluding steroid dienone is 2. The van der Waals surface area contributed by atoms with Crippen LogP contribution in [0.25, 0.3) is 11.8 Å². The Kier molecular flexibility index (Phi) is 14.6. The number of anilines is 1. The number of rotatable bonds is 17. The highest BCUT2D eigenvalue weighted by Crippen LogP contribution is 2.36. The van der Waals surface area contributed by atoms with Gasteiger partial charge in [0, 0.05) is 42.5 Å². The fourth-order valence-corrected chi connectivity index (χ4v) is 7.80. The van der Waals surface area contributed by atoms with Crippen molar-refractivity contribution < 1.29 is 74.3 Å². The first-order valence-electron chi connectivity index (χ1n) is 16.3. The fourth-order valence-electron chi connectivity index (χ4n) is 5.71. The van der Waals surface area contributed by atoms with Gasteiger partial charge in [-0.05, 0) is 61.4 Å². The number of nitrogens with zero attached hydrogens (tertiary/aromatic N) is 5. The maximum atomic E-state index is 14.0. The van der Waals surface area contributed by atoms with Crippen LogP contribution in [-0.2, 0) is 53.3 Å². The standard InChI is InChI=1S/C31H31N7O17S4/c1-32-16-51-29-21(31(42)38(35-29)23-15-19(57-55-53-44)8-12-25(23)59(48,49)50)10-6-17(36-13-3-4-26(36)39)5-9-20-27(28(40)33-2)34-37(30(20)41)22-14-18(56-54-52-43)7-11-24(22)58(45,46)47/h5-9,11-12,14-16,21,34,43-44H,3-4,10,13H2,1-2H3,(H,33,40)(H,45,46,47)(H,48,49,50). The molecule has 1 atom stereocenters. The number of likely N-dealkylation sites (tertiary alicyclic amines) is 1. The van der Waals surface area contributed by atoms with Gasteiger partial charge in [-0.15, -0.1) is 13.8 Å². The van der Waals surface area contributed by atoms with E-state index in [0.717, 1.165) is 42.8 Å². The summed E-state index contributed by atoms with van der Waals surface area (Å²) in [6.07, 6.45) is 5.10. The molecule has 28 heteroatoms. The minimum atomic E-state index is -4.98. The van der Waals surface area contributed by atoms with Gasteiger partial charge >= 0.3 is 0 Å². The van der Waals surface area contributed by atoms with Crippen molar-refractivity contribution >= 4 is 86.1 Å². The number of ether oxygens (including phenoxy) is 1. The minimum Gasteiger partial charge on any atom is -0.429 e. The van der Waals surface area contributed by atoms with Crippen molar-refractivity contribution in [3.8, 4) is 5.69 Å². The molecule has 59 heavy (non-hydrogen) atoms. The molecule has 0 radical (unpaired) electrons. The lowest BCUT2D eigenvalue weighted by Crippen LogP contribution is -2.29. The summed E-state index contributed by atoms with van der Waals surface area (Å²) in [6.45, 7) is 0.197. The second-order valence-corrected chi connectivity index (χ2v) is 16.1. The highest BCUT2D eigenvalue weighted by atomic mass is 32.2. The number of H-pyrrole nitrogens is 1. The summed E-state index contributed by atoms with van der Waals surface area (Å²) in [6, 6.07) is 6.37. The van der Waals surface area contributed by atoms with Gasteiger partial charge in [-0.3, -0.25) is 38.4 Å². The van der Waals surface area contributed by atoms with Crippen LogP contribution in [-0.4, -0.2) is 102 Å². The van der Waals surface area contributed by atoms with Gasteiger partial charge in [0.15, 0.2) is 6.40 Å². The van der Waals surface area contributed by atoms with Crippen molar-refractivity contribution in [1.29, 1.82) is 0 Å². The van der Waals surface area contributed by atoms with Crippen molar-refractivity contribution in [2.75, 3.05) is 25.6 Å². The molecule has 0 saturated carbocycles. The van der Waals surface area contributed by atoms with Gasteiger partial charge in [0.2, 0.25) is 11.8 Å². The quantitative estimate of drug-likeness (QED) is 0.0215. The van der Waals surface area contributed by atoms with Gasteiger partial charge in [-0.25, -0.2) is 15.2 Å². The van der Waals surface area contributed by atoms with Crippen molar-refractivity contribution in [2.45, 2.75) is 38.8 Å². The average molecular weight is 902 g/mol. The first-order chi connectivity index (χ1) is 28.0. The van der Waals surface area contributed by atoms with Crippen LogP contribution in [0.2, 0.25) is 0 Å². The zero-order valence-electron chi connectivity index (χ0n) is 30.1. The van der Waals surface area contributed by atoms with Crippen molar-refractivity contribution in [2.24, 2.45) is 16.0 Å². The van der Waals surface area contributed by atoms with E-state index in [1.807, 2.05) is 0 Å². The van der Waals surface area contributed by atoms with Gasteiger partial charge < -0.3 is 15.0 Å². The molecule has 1 aromatic heterocycles. The van der Waals surface area contributed by atoms with Gasteiger partial charge in [0.1, 0.15) is 21.4 Å². The molecular formula is C31H31N7O17S4. The van der Waals surface area contributed by atoms with Crippen LogP contribution in [0.15, 0.2) is 88.7 Å². The summed E-state index contributed by atoms with van der Waals surface area (Å²) in [5.74, 6) is -3.65. The smallest absolute Gasteiger partial charge is 0.296 e. The number of hydrogen-bond acceptors (Lipinski definition) is 19. The predicted octanol–water partition coefficient (Wildman–Crippen LogP) is 2.44. The molecule has 1 fully saturated rings. The molecule has 1 unspecified atom stereocenters. The number of benzene rings is 2. The molecule has 24 nitrogen and oxygen atoms in total. The summed E-state index contributed by atoms with van der Waals surface area (Å²) in [5, 5.41) is 33.9. The number of aliphatic imine (C=N–C) groups is 1. The minimum absolute atomic E-state index is 0.0718. The molecule has 2 aliphatic rings. The third-order valence-electron chi connectivity index (χ3n) is 8.24. The second kappa shape index (κ2) is 19.2. The Balaban J connectivity index is 1.59. The zero-order valence-corrected chi connectivity index (χ0v) is 33.4. The van der Waals surface area contributed by atoms with E-state index in [1.165, 1.54) is 37.2 Å². The number of carbonyl (C=O) groups is 3. The van der Waals surface area contributed by atoms with E-state index in [2.05, 4.69) is 39.3 Å². The number of amides is 3. The third kappa shape index (κ3) is 10.3. The number of aromatic amines is 1. The normalized spacial score (nSPS) is 16.5. The maximum absolute atomic E-state index is 14.0. The van der Waals surface area contributed by atoms with E-state index < -0.39 is 64.7 Å². The Morgan fingerprint density at radius 2 is 1.61 bits per heavy atom. The van der Waals surface area contributed by atoms with Crippen LogP contribution in [0, 0.1) is 5.92 Å². The molecular weight excluding hydrogens is 871 g/mol. The number of aromatic nitrogens is 2. The molecule has 5 rings (SSSR count). The molecule has 2 aromatic carbocycles. The topological polar surface area (TPSA) is 328 Å². The molecule has 3 heterocycles. The van der Waals surface area contributed by atoms with Crippen LogP contribution in [0.4, 0.5) is 5.69 Å². The molecule has 3 amide bonds. The molecule has 1 saturated heterocycles. The monoisotopic (exact) mass is 901 g/mol. The van der Waals surface area contributed by atoms with E-state index in [4.69, 9.17) is 15.3 Å². The lowest BCUT2D eigenvalue weighted by Gasteiger charge is -2.19. The summed E-state index contributed by atoms with van der Waals surface area (Å²) in [7, 11) is -7.33. The predicted molar refractivity (Wildman–Crippen MR) is 204 cm³/mol. The van der Waals surface area contributed by atoms with Crippen LogP contribution >= 0.6 is 24.1 Å². The average Bonchev–Trinajstić information content (AvgIpc) is 3.87. The largest absolute Gasteiger partial charge is 0.429 e. The van der Waals surface area contributed by atoms with Crippen molar-refractivity contribution in [3.05, 3.63) is 75.9 Å². The number of hydrogen-bond donors (Lipinski definition) is 6. The molecule has 3 aromatic rings. The molecule has 6 N–H and O–H groups in total. The van der Waals surface area contributed by atoms with Gasteiger partial charge in [0.25, 0.3) is 37.6 Å². The number of hydrazone groups is 1. The lowest BCUT2D eigenvalue weighted by molar-refractivity contribution is -0.432. The van der Waals surface area contributed by atoms with Crippen molar-refractivity contribution in [1.82, 2.24) is 20.0 Å². The van der Waals surface area contributed by atoms with Gasteiger partial charge in [0.05, 0.1) is 41.0 Å². The highest BCUT2D eigenvalue weighted by molar-refractivity contribution is 7.94. The highest BCUT2D eigenvalue weighted by Gasteiger charge is 2.40. The zero-order chi connectivity index (χ0) is 43.1. The number of nitrogens with one attached hydrogen (secondary N) is 2. The Morgan fingerprint density at radius 1 is 1.00 bits per heavy atom.